The molecule has 23 heavy (non-hydrogen) atoms. The van der Waals surface area contributed by atoms with Gasteiger partial charge in [0.05, 0.1) is 12.3 Å². The van der Waals surface area contributed by atoms with Gasteiger partial charge in [-0.15, -0.1) is 11.3 Å². The van der Waals surface area contributed by atoms with Crippen LogP contribution in [0.15, 0.2) is 48.5 Å². The van der Waals surface area contributed by atoms with E-state index in [1.807, 2.05) is 31.2 Å². The molecular formula is C18H17FN2OS. The summed E-state index contributed by atoms with van der Waals surface area (Å²) < 4.78 is 18.8. The summed E-state index contributed by atoms with van der Waals surface area (Å²) in [5, 5.41) is 0.508. The zero-order valence-electron chi connectivity index (χ0n) is 12.8. The van der Waals surface area contributed by atoms with Crippen molar-refractivity contribution in [1.82, 2.24) is 4.98 Å². The number of hydrogen-bond donors (Lipinski definition) is 1. The molecule has 0 atom stereocenters. The van der Waals surface area contributed by atoms with Crippen LogP contribution in [0, 0.1) is 5.82 Å². The molecule has 0 amide bonds. The van der Waals surface area contributed by atoms with E-state index in [-0.39, 0.29) is 5.82 Å². The van der Waals surface area contributed by atoms with Crippen LogP contribution in [-0.2, 0) is 6.42 Å². The topological polar surface area (TPSA) is 48.1 Å². The Labute approximate surface area is 138 Å². The Bertz CT molecular complexity index is 799. The van der Waals surface area contributed by atoms with Gasteiger partial charge in [-0.1, -0.05) is 18.2 Å². The lowest BCUT2D eigenvalue weighted by Crippen LogP contribution is -1.97. The number of benzene rings is 2. The number of nitrogens with two attached hydrogens (primary N) is 1. The van der Waals surface area contributed by atoms with Crippen molar-refractivity contribution in [3.8, 4) is 17.0 Å². The summed E-state index contributed by atoms with van der Waals surface area (Å²) in [5.41, 5.74) is 8.65. The molecule has 1 aromatic heterocycles. The molecule has 1 heterocycles. The average molecular weight is 328 g/mol. The summed E-state index contributed by atoms with van der Waals surface area (Å²) in [6.07, 6.45) is 0.678. The van der Waals surface area contributed by atoms with E-state index in [0.717, 1.165) is 27.4 Å². The fraction of sp³-hybridized carbons (Fsp3) is 0.167. The summed E-state index contributed by atoms with van der Waals surface area (Å²) in [7, 11) is 0. The highest BCUT2D eigenvalue weighted by Gasteiger charge is 2.14. The van der Waals surface area contributed by atoms with Gasteiger partial charge < -0.3 is 10.5 Å². The minimum atomic E-state index is -0.264. The number of anilines is 1. The molecule has 3 rings (SSSR count). The molecule has 0 aliphatic heterocycles. The number of hydrogen-bond acceptors (Lipinski definition) is 4. The molecule has 0 radical (unpaired) electrons. The molecule has 0 fully saturated rings. The standard InChI is InChI=1S/C18H17FN2OS/c1-2-22-15-6-4-3-5-13(15)11-16-17(21-18(20)23-16)12-7-9-14(19)10-8-12/h3-10H,2,11H2,1H3,(H2,20,21). The van der Waals surface area contributed by atoms with Crippen molar-refractivity contribution in [3.63, 3.8) is 0 Å². The Hall–Kier alpha value is -2.40. The number of rotatable bonds is 5. The lowest BCUT2D eigenvalue weighted by molar-refractivity contribution is 0.337. The van der Waals surface area contributed by atoms with Crippen LogP contribution in [-0.4, -0.2) is 11.6 Å². The van der Waals surface area contributed by atoms with Crippen molar-refractivity contribution in [1.29, 1.82) is 0 Å². The van der Waals surface area contributed by atoms with E-state index in [9.17, 15) is 4.39 Å². The molecule has 0 spiro atoms. The van der Waals surface area contributed by atoms with Crippen LogP contribution < -0.4 is 10.5 Å². The molecule has 0 aliphatic rings. The van der Waals surface area contributed by atoms with Crippen molar-refractivity contribution >= 4 is 16.5 Å². The molecule has 118 valence electrons. The van der Waals surface area contributed by atoms with Crippen LogP contribution in [0.2, 0.25) is 0 Å². The highest BCUT2D eigenvalue weighted by atomic mass is 32.1. The van der Waals surface area contributed by atoms with Gasteiger partial charge >= 0.3 is 0 Å². The van der Waals surface area contributed by atoms with Gasteiger partial charge in [0, 0.05) is 16.9 Å². The lowest BCUT2D eigenvalue weighted by atomic mass is 10.1. The molecule has 0 bridgehead atoms. The fourth-order valence-corrected chi connectivity index (χ4v) is 3.32. The quantitative estimate of drug-likeness (QED) is 0.749. The molecule has 3 nitrogen and oxygen atoms in total. The predicted molar refractivity (Wildman–Crippen MR) is 92.3 cm³/mol. The first-order chi connectivity index (χ1) is 11.2. The number of thiazole rings is 1. The number of nitrogens with zero attached hydrogens (tertiary/aromatic N) is 1. The normalized spacial score (nSPS) is 10.7. The van der Waals surface area contributed by atoms with E-state index in [2.05, 4.69) is 4.98 Å². The highest BCUT2D eigenvalue weighted by molar-refractivity contribution is 7.15. The first-order valence-corrected chi connectivity index (χ1v) is 8.21. The molecule has 0 unspecified atom stereocenters. The lowest BCUT2D eigenvalue weighted by Gasteiger charge is -2.09. The molecule has 5 heteroatoms. The third kappa shape index (κ3) is 3.51. The maximum absolute atomic E-state index is 13.1. The smallest absolute Gasteiger partial charge is 0.180 e. The van der Waals surface area contributed by atoms with E-state index in [4.69, 9.17) is 10.5 Å². The molecule has 0 saturated carbocycles. The summed E-state index contributed by atoms with van der Waals surface area (Å²) in [4.78, 5) is 5.46. The molecular weight excluding hydrogens is 311 g/mol. The maximum atomic E-state index is 13.1. The zero-order chi connectivity index (χ0) is 16.2. The monoisotopic (exact) mass is 328 g/mol. The van der Waals surface area contributed by atoms with Gasteiger partial charge in [0.15, 0.2) is 5.13 Å². The average Bonchev–Trinajstić information content (AvgIpc) is 2.91. The summed E-state index contributed by atoms with van der Waals surface area (Å²) in [6, 6.07) is 14.3. The number of ether oxygens (including phenoxy) is 1. The summed E-state index contributed by atoms with van der Waals surface area (Å²) >= 11 is 1.45. The second-order valence-corrected chi connectivity index (χ2v) is 6.16. The van der Waals surface area contributed by atoms with Gasteiger partial charge in [-0.2, -0.15) is 0 Å². The van der Waals surface area contributed by atoms with E-state index in [1.165, 1.54) is 23.5 Å². The van der Waals surface area contributed by atoms with Gasteiger partial charge in [0.2, 0.25) is 0 Å². The SMILES string of the molecule is CCOc1ccccc1Cc1sc(N)nc1-c1ccc(F)cc1. The molecule has 0 saturated heterocycles. The van der Waals surface area contributed by atoms with Crippen molar-refractivity contribution in [2.24, 2.45) is 0 Å². The van der Waals surface area contributed by atoms with E-state index >= 15 is 0 Å². The zero-order valence-corrected chi connectivity index (χ0v) is 13.6. The van der Waals surface area contributed by atoms with Crippen LogP contribution in [0.25, 0.3) is 11.3 Å². The van der Waals surface area contributed by atoms with Crippen LogP contribution in [0.5, 0.6) is 5.75 Å². The largest absolute Gasteiger partial charge is 0.494 e. The first kappa shape index (κ1) is 15.5. The highest BCUT2D eigenvalue weighted by Crippen LogP contribution is 2.33. The summed E-state index contributed by atoms with van der Waals surface area (Å²) in [5.74, 6) is 0.604. The minimum Gasteiger partial charge on any atom is -0.494 e. The number of aromatic nitrogens is 1. The molecule has 2 aromatic carbocycles. The predicted octanol–water partition coefficient (Wildman–Crippen LogP) is 4.52. The maximum Gasteiger partial charge on any atom is 0.180 e. The van der Waals surface area contributed by atoms with Gasteiger partial charge in [-0.25, -0.2) is 9.37 Å². The van der Waals surface area contributed by atoms with Crippen LogP contribution in [0.3, 0.4) is 0 Å². The second kappa shape index (κ2) is 6.79. The summed E-state index contributed by atoms with van der Waals surface area (Å²) in [6.45, 7) is 2.58. The van der Waals surface area contributed by atoms with Gasteiger partial charge in [-0.3, -0.25) is 0 Å². The fourth-order valence-electron chi connectivity index (χ4n) is 2.44. The Morgan fingerprint density at radius 3 is 2.61 bits per heavy atom. The Kier molecular flexibility index (Phi) is 4.57. The second-order valence-electron chi connectivity index (χ2n) is 5.05. The van der Waals surface area contributed by atoms with E-state index in [1.54, 1.807) is 12.1 Å². The third-order valence-corrected chi connectivity index (χ3v) is 4.34. The van der Waals surface area contributed by atoms with Crippen molar-refractivity contribution < 1.29 is 9.13 Å². The van der Waals surface area contributed by atoms with Crippen molar-refractivity contribution in [3.05, 3.63) is 64.8 Å². The van der Waals surface area contributed by atoms with Gasteiger partial charge in [0.25, 0.3) is 0 Å². The van der Waals surface area contributed by atoms with Crippen molar-refractivity contribution in [2.75, 3.05) is 12.3 Å². The van der Waals surface area contributed by atoms with Crippen LogP contribution in [0.4, 0.5) is 9.52 Å². The van der Waals surface area contributed by atoms with E-state index < -0.39 is 0 Å². The van der Waals surface area contributed by atoms with E-state index in [0.29, 0.717) is 18.2 Å². The molecule has 3 aromatic rings. The van der Waals surface area contributed by atoms with Gasteiger partial charge in [0.1, 0.15) is 11.6 Å². The third-order valence-electron chi connectivity index (χ3n) is 3.46. The van der Waals surface area contributed by atoms with Crippen LogP contribution in [0.1, 0.15) is 17.4 Å². The van der Waals surface area contributed by atoms with Crippen molar-refractivity contribution in [2.45, 2.75) is 13.3 Å². The molecule has 2 N–H and O–H groups in total. The number of para-hydroxylation sites is 1. The Balaban J connectivity index is 1.97. The van der Waals surface area contributed by atoms with Crippen LogP contribution >= 0.6 is 11.3 Å². The Morgan fingerprint density at radius 1 is 1.13 bits per heavy atom. The van der Waals surface area contributed by atoms with Gasteiger partial charge in [-0.05, 0) is 42.8 Å². The molecule has 0 aliphatic carbocycles. The Morgan fingerprint density at radius 2 is 1.87 bits per heavy atom. The number of halogens is 1. The number of nitrogen functional groups attached to an aromatic ring is 1. The first-order valence-electron chi connectivity index (χ1n) is 7.39. The minimum absolute atomic E-state index is 0.264.